The highest BCUT2D eigenvalue weighted by Crippen LogP contribution is 2.28. The summed E-state index contributed by atoms with van der Waals surface area (Å²) >= 11 is 1.46. The number of hydrogen-bond donors (Lipinski definition) is 1. The van der Waals surface area contributed by atoms with Crippen molar-refractivity contribution in [3.63, 3.8) is 0 Å². The molecule has 0 fully saturated rings. The molecule has 8 heteroatoms. The van der Waals surface area contributed by atoms with Crippen molar-refractivity contribution in [2.24, 2.45) is 0 Å². The Morgan fingerprint density at radius 1 is 1.04 bits per heavy atom. The first kappa shape index (κ1) is 18.0. The number of halogens is 2. The maximum absolute atomic E-state index is 13.3. The Kier molecular flexibility index (Phi) is 4.70. The Balaban J connectivity index is 1.71. The smallest absolute Gasteiger partial charge is 0.273 e. The second kappa shape index (κ2) is 7.32. The van der Waals surface area contributed by atoms with Crippen LogP contribution in [0.3, 0.4) is 0 Å². The number of amides is 1. The molecule has 5 nitrogen and oxygen atoms in total. The van der Waals surface area contributed by atoms with Crippen molar-refractivity contribution in [1.29, 1.82) is 0 Å². The Bertz CT molecular complexity index is 1220. The van der Waals surface area contributed by atoms with Gasteiger partial charge in [0.05, 0.1) is 16.7 Å². The molecule has 0 radical (unpaired) electrons. The fourth-order valence-corrected chi connectivity index (χ4v) is 3.64. The van der Waals surface area contributed by atoms with Crippen LogP contribution in [0.1, 0.15) is 5.56 Å². The minimum atomic E-state index is -0.774. The van der Waals surface area contributed by atoms with Crippen LogP contribution in [0.5, 0.6) is 0 Å². The number of benzene rings is 2. The van der Waals surface area contributed by atoms with Gasteiger partial charge in [-0.1, -0.05) is 24.3 Å². The summed E-state index contributed by atoms with van der Waals surface area (Å²) in [5.41, 5.74) is 2.63. The summed E-state index contributed by atoms with van der Waals surface area (Å²) < 4.78 is 26.6. The zero-order valence-corrected chi connectivity index (χ0v) is 15.2. The lowest BCUT2D eigenvalue weighted by Gasteiger charge is -2.11. The molecule has 2 aromatic carbocycles. The van der Waals surface area contributed by atoms with Crippen molar-refractivity contribution in [2.75, 3.05) is 5.43 Å². The standard InChI is InChI=1S/C20H13F2N3O2S/c21-13-8-12(9-14(22)11-13)10-18(26)23-25-20(27)16-5-2-1-4-15(16)19(24-25)17-6-3-7-28-17/h1-9,11H,10H2,(H,23,26). The average Bonchev–Trinajstić information content (AvgIpc) is 3.17. The van der Waals surface area contributed by atoms with Gasteiger partial charge in [-0.25, -0.2) is 14.2 Å². The highest BCUT2D eigenvalue weighted by atomic mass is 32.1. The van der Waals surface area contributed by atoms with E-state index in [-0.39, 0.29) is 12.0 Å². The number of fused-ring (bicyclic) bond motifs is 1. The molecule has 0 spiro atoms. The van der Waals surface area contributed by atoms with Crippen LogP contribution in [0.25, 0.3) is 21.3 Å². The largest absolute Gasteiger partial charge is 0.294 e. The van der Waals surface area contributed by atoms with E-state index in [0.29, 0.717) is 16.5 Å². The van der Waals surface area contributed by atoms with E-state index in [1.165, 1.54) is 11.3 Å². The Labute approximate surface area is 161 Å². The SMILES string of the molecule is O=C(Cc1cc(F)cc(F)c1)Nn1nc(-c2cccs2)c2ccccc2c1=O. The molecular formula is C20H13F2N3O2S. The van der Waals surface area contributed by atoms with Crippen LogP contribution in [0.2, 0.25) is 0 Å². The summed E-state index contributed by atoms with van der Waals surface area (Å²) in [5.74, 6) is -2.17. The normalized spacial score (nSPS) is 10.9. The number of nitrogens with zero attached hydrogens (tertiary/aromatic N) is 2. The minimum absolute atomic E-state index is 0.155. The molecule has 1 N–H and O–H groups in total. The van der Waals surface area contributed by atoms with Gasteiger partial charge in [-0.2, -0.15) is 0 Å². The first-order valence-corrected chi connectivity index (χ1v) is 9.20. The third-order valence-electron chi connectivity index (χ3n) is 4.08. The molecule has 4 rings (SSSR count). The van der Waals surface area contributed by atoms with E-state index in [0.717, 1.165) is 27.9 Å². The molecule has 140 valence electrons. The third kappa shape index (κ3) is 3.54. The first-order chi connectivity index (χ1) is 13.5. The van der Waals surface area contributed by atoms with E-state index in [1.807, 2.05) is 23.6 Å². The summed E-state index contributed by atoms with van der Waals surface area (Å²) in [6.45, 7) is 0. The zero-order chi connectivity index (χ0) is 19.7. The number of rotatable bonds is 4. The van der Waals surface area contributed by atoms with Gasteiger partial charge in [-0.3, -0.25) is 9.59 Å². The first-order valence-electron chi connectivity index (χ1n) is 8.32. The topological polar surface area (TPSA) is 64.0 Å². The van der Waals surface area contributed by atoms with E-state index >= 15 is 0 Å². The van der Waals surface area contributed by atoms with Crippen molar-refractivity contribution in [3.05, 3.63) is 87.5 Å². The number of thiophene rings is 1. The molecule has 28 heavy (non-hydrogen) atoms. The molecule has 2 heterocycles. The maximum atomic E-state index is 13.3. The van der Waals surface area contributed by atoms with Gasteiger partial charge in [-0.15, -0.1) is 21.2 Å². The molecule has 0 aliphatic rings. The van der Waals surface area contributed by atoms with Gasteiger partial charge < -0.3 is 0 Å². The Morgan fingerprint density at radius 2 is 1.75 bits per heavy atom. The van der Waals surface area contributed by atoms with E-state index in [4.69, 9.17) is 0 Å². The van der Waals surface area contributed by atoms with Crippen molar-refractivity contribution in [3.8, 4) is 10.6 Å². The van der Waals surface area contributed by atoms with Crippen molar-refractivity contribution < 1.29 is 13.6 Å². The lowest BCUT2D eigenvalue weighted by molar-refractivity contribution is -0.116. The number of carbonyl (C=O) groups excluding carboxylic acids is 1. The highest BCUT2D eigenvalue weighted by molar-refractivity contribution is 7.13. The van der Waals surface area contributed by atoms with Gasteiger partial charge in [0.25, 0.3) is 5.56 Å². The third-order valence-corrected chi connectivity index (χ3v) is 4.95. The van der Waals surface area contributed by atoms with Gasteiger partial charge in [0.2, 0.25) is 5.91 Å². The van der Waals surface area contributed by atoms with Crippen molar-refractivity contribution in [1.82, 2.24) is 9.89 Å². The molecule has 2 aromatic heterocycles. The predicted molar refractivity (Wildman–Crippen MR) is 104 cm³/mol. The molecule has 1 amide bonds. The van der Waals surface area contributed by atoms with Crippen LogP contribution in [0.4, 0.5) is 8.78 Å². The average molecular weight is 397 g/mol. The van der Waals surface area contributed by atoms with Crippen LogP contribution in [0, 0.1) is 11.6 Å². The van der Waals surface area contributed by atoms with Gasteiger partial charge in [0.1, 0.15) is 17.3 Å². The molecule has 0 aliphatic carbocycles. The van der Waals surface area contributed by atoms with E-state index in [2.05, 4.69) is 10.5 Å². The van der Waals surface area contributed by atoms with E-state index in [1.54, 1.807) is 18.2 Å². The van der Waals surface area contributed by atoms with Crippen molar-refractivity contribution in [2.45, 2.75) is 6.42 Å². The fraction of sp³-hybridized carbons (Fsp3) is 0.0500. The van der Waals surface area contributed by atoms with Gasteiger partial charge in [0.15, 0.2) is 0 Å². The maximum Gasteiger partial charge on any atom is 0.294 e. The number of aromatic nitrogens is 2. The van der Waals surface area contributed by atoms with Crippen molar-refractivity contribution >= 4 is 28.0 Å². The molecule has 0 bridgehead atoms. The lowest BCUT2D eigenvalue weighted by atomic mass is 10.1. The molecule has 0 unspecified atom stereocenters. The van der Waals surface area contributed by atoms with Crippen LogP contribution in [-0.4, -0.2) is 15.8 Å². The number of nitrogens with one attached hydrogen (secondary N) is 1. The Hall–Kier alpha value is -3.39. The summed E-state index contributed by atoms with van der Waals surface area (Å²) in [7, 11) is 0. The second-order valence-electron chi connectivity index (χ2n) is 6.08. The van der Waals surface area contributed by atoms with Crippen LogP contribution < -0.4 is 11.0 Å². The molecule has 0 saturated heterocycles. The van der Waals surface area contributed by atoms with Crippen LogP contribution in [0.15, 0.2) is 64.8 Å². The zero-order valence-electron chi connectivity index (χ0n) is 14.4. The summed E-state index contributed by atoms with van der Waals surface area (Å²) in [5, 5.41) is 7.26. The van der Waals surface area contributed by atoms with E-state index in [9.17, 15) is 18.4 Å². The molecular weight excluding hydrogens is 384 g/mol. The van der Waals surface area contributed by atoms with Crippen LogP contribution in [-0.2, 0) is 11.2 Å². The number of carbonyl (C=O) groups is 1. The van der Waals surface area contributed by atoms with Crippen LogP contribution >= 0.6 is 11.3 Å². The monoisotopic (exact) mass is 397 g/mol. The highest BCUT2D eigenvalue weighted by Gasteiger charge is 2.15. The molecule has 4 aromatic rings. The van der Waals surface area contributed by atoms with E-state index < -0.39 is 23.1 Å². The van der Waals surface area contributed by atoms with Gasteiger partial charge in [0, 0.05) is 11.5 Å². The summed E-state index contributed by atoms with van der Waals surface area (Å²) in [6, 6.07) is 13.6. The number of hydrogen-bond acceptors (Lipinski definition) is 4. The second-order valence-corrected chi connectivity index (χ2v) is 7.03. The molecule has 0 atom stereocenters. The van der Waals surface area contributed by atoms with Gasteiger partial charge in [-0.05, 0) is 35.2 Å². The fourth-order valence-electron chi connectivity index (χ4n) is 2.92. The molecule has 0 saturated carbocycles. The minimum Gasteiger partial charge on any atom is -0.273 e. The predicted octanol–water partition coefficient (Wildman–Crippen LogP) is 3.72. The quantitative estimate of drug-likeness (QED) is 0.571. The Morgan fingerprint density at radius 3 is 2.43 bits per heavy atom. The summed E-state index contributed by atoms with van der Waals surface area (Å²) in [6.07, 6.45) is -0.302. The molecule has 0 aliphatic heterocycles. The van der Waals surface area contributed by atoms with Gasteiger partial charge >= 0.3 is 0 Å². The summed E-state index contributed by atoms with van der Waals surface area (Å²) in [4.78, 5) is 26.8. The lowest BCUT2D eigenvalue weighted by Crippen LogP contribution is -2.36.